The summed E-state index contributed by atoms with van der Waals surface area (Å²) in [4.78, 5) is 10.7. The van der Waals surface area contributed by atoms with Gasteiger partial charge in [-0.1, -0.05) is 26.7 Å². The van der Waals surface area contributed by atoms with Crippen LogP contribution in [0.5, 0.6) is 5.75 Å². The van der Waals surface area contributed by atoms with Crippen molar-refractivity contribution in [1.29, 1.82) is 0 Å². The predicted molar refractivity (Wildman–Crippen MR) is 76.8 cm³/mol. The van der Waals surface area contributed by atoms with Crippen molar-refractivity contribution >= 4 is 11.4 Å². The number of nitro groups is 1. The second kappa shape index (κ2) is 7.61. The van der Waals surface area contributed by atoms with Gasteiger partial charge in [0.25, 0.3) is 5.69 Å². The fourth-order valence-corrected chi connectivity index (χ4v) is 1.90. The quantitative estimate of drug-likeness (QED) is 0.573. The molecular weight excluding hydrogens is 244 g/mol. The summed E-state index contributed by atoms with van der Waals surface area (Å²) in [7, 11) is 0. The molecule has 1 aromatic rings. The summed E-state index contributed by atoms with van der Waals surface area (Å²) in [5.41, 5.74) is 0.622. The zero-order valence-electron chi connectivity index (χ0n) is 11.8. The fourth-order valence-electron chi connectivity index (χ4n) is 1.90. The van der Waals surface area contributed by atoms with E-state index < -0.39 is 0 Å². The molecule has 5 heteroatoms. The summed E-state index contributed by atoms with van der Waals surface area (Å²) in [6.45, 7) is 7.36. The zero-order valence-corrected chi connectivity index (χ0v) is 11.8. The van der Waals surface area contributed by atoms with Gasteiger partial charge in [0.2, 0.25) is 0 Å². The van der Waals surface area contributed by atoms with Crippen molar-refractivity contribution in [3.05, 3.63) is 28.3 Å². The SMILES string of the molecule is CCOc1ccc(NCC(CC)CC)c([N+](=O)[O-])c1. The minimum Gasteiger partial charge on any atom is -0.494 e. The van der Waals surface area contributed by atoms with Gasteiger partial charge in [-0.3, -0.25) is 10.1 Å². The Labute approximate surface area is 114 Å². The second-order valence-electron chi connectivity index (χ2n) is 4.43. The number of benzene rings is 1. The highest BCUT2D eigenvalue weighted by molar-refractivity contribution is 5.63. The van der Waals surface area contributed by atoms with Gasteiger partial charge in [-0.05, 0) is 25.0 Å². The van der Waals surface area contributed by atoms with Crippen LogP contribution in [0.1, 0.15) is 33.6 Å². The third-order valence-corrected chi connectivity index (χ3v) is 3.21. The van der Waals surface area contributed by atoms with Crippen LogP contribution in [0.2, 0.25) is 0 Å². The monoisotopic (exact) mass is 266 g/mol. The average molecular weight is 266 g/mol. The normalized spacial score (nSPS) is 10.5. The molecule has 0 aliphatic rings. The highest BCUT2D eigenvalue weighted by atomic mass is 16.6. The number of hydrogen-bond donors (Lipinski definition) is 1. The first-order valence-electron chi connectivity index (χ1n) is 6.77. The molecule has 0 aromatic heterocycles. The smallest absolute Gasteiger partial charge is 0.296 e. The first-order valence-corrected chi connectivity index (χ1v) is 6.77. The van der Waals surface area contributed by atoms with Crippen molar-refractivity contribution in [3.63, 3.8) is 0 Å². The van der Waals surface area contributed by atoms with Crippen LogP contribution in [0.25, 0.3) is 0 Å². The number of rotatable bonds is 8. The van der Waals surface area contributed by atoms with E-state index >= 15 is 0 Å². The highest BCUT2D eigenvalue weighted by Gasteiger charge is 2.15. The van der Waals surface area contributed by atoms with Gasteiger partial charge >= 0.3 is 0 Å². The summed E-state index contributed by atoms with van der Waals surface area (Å²) in [5.74, 6) is 1.06. The van der Waals surface area contributed by atoms with Crippen LogP contribution < -0.4 is 10.1 Å². The van der Waals surface area contributed by atoms with E-state index in [-0.39, 0.29) is 10.6 Å². The number of nitro benzene ring substituents is 1. The summed E-state index contributed by atoms with van der Waals surface area (Å²) < 4.78 is 5.29. The first-order chi connectivity index (χ1) is 9.12. The van der Waals surface area contributed by atoms with Crippen molar-refractivity contribution in [2.45, 2.75) is 33.6 Å². The first kappa shape index (κ1) is 15.3. The van der Waals surface area contributed by atoms with E-state index in [0.29, 0.717) is 24.0 Å². The molecule has 0 aliphatic carbocycles. The Kier molecular flexibility index (Phi) is 6.12. The molecule has 19 heavy (non-hydrogen) atoms. The second-order valence-corrected chi connectivity index (χ2v) is 4.43. The fraction of sp³-hybridized carbons (Fsp3) is 0.571. The lowest BCUT2D eigenvalue weighted by Gasteiger charge is -2.14. The Bertz CT molecular complexity index is 417. The van der Waals surface area contributed by atoms with E-state index in [0.717, 1.165) is 19.4 Å². The number of anilines is 1. The van der Waals surface area contributed by atoms with Crippen LogP contribution in [0.3, 0.4) is 0 Å². The molecule has 1 rings (SSSR count). The Hall–Kier alpha value is -1.78. The summed E-state index contributed by atoms with van der Waals surface area (Å²) in [6, 6.07) is 4.94. The van der Waals surface area contributed by atoms with Gasteiger partial charge < -0.3 is 10.1 Å². The van der Waals surface area contributed by atoms with Crippen molar-refractivity contribution in [2.75, 3.05) is 18.5 Å². The molecule has 0 saturated heterocycles. The molecule has 0 unspecified atom stereocenters. The molecule has 0 atom stereocenters. The Morgan fingerprint density at radius 3 is 2.53 bits per heavy atom. The maximum absolute atomic E-state index is 11.1. The van der Waals surface area contributed by atoms with Gasteiger partial charge in [0, 0.05) is 6.54 Å². The topological polar surface area (TPSA) is 64.4 Å². The molecule has 0 fully saturated rings. The van der Waals surface area contributed by atoms with Gasteiger partial charge in [0.1, 0.15) is 11.4 Å². The van der Waals surface area contributed by atoms with Crippen LogP contribution in [0.15, 0.2) is 18.2 Å². The maximum atomic E-state index is 11.1. The lowest BCUT2D eigenvalue weighted by molar-refractivity contribution is -0.384. The number of nitrogens with one attached hydrogen (secondary N) is 1. The summed E-state index contributed by atoms with van der Waals surface area (Å²) >= 11 is 0. The van der Waals surface area contributed by atoms with E-state index in [1.165, 1.54) is 6.07 Å². The van der Waals surface area contributed by atoms with Crippen molar-refractivity contribution in [3.8, 4) is 5.75 Å². The van der Waals surface area contributed by atoms with Crippen LogP contribution >= 0.6 is 0 Å². The standard InChI is InChI=1S/C14H22N2O3/c1-4-11(5-2)10-15-13-8-7-12(19-6-3)9-14(13)16(17)18/h7-9,11,15H,4-6,10H2,1-3H3. The molecule has 1 aromatic carbocycles. The lowest BCUT2D eigenvalue weighted by Crippen LogP contribution is -2.13. The Balaban J connectivity index is 2.84. The van der Waals surface area contributed by atoms with E-state index in [4.69, 9.17) is 4.74 Å². The minimum atomic E-state index is -0.377. The average Bonchev–Trinajstić information content (AvgIpc) is 2.41. The molecule has 0 bridgehead atoms. The Morgan fingerprint density at radius 1 is 1.32 bits per heavy atom. The van der Waals surface area contributed by atoms with Gasteiger partial charge in [-0.25, -0.2) is 0 Å². The largest absolute Gasteiger partial charge is 0.494 e. The predicted octanol–water partition coefficient (Wildman–Crippen LogP) is 3.84. The van der Waals surface area contributed by atoms with E-state index in [1.807, 2.05) is 6.92 Å². The molecule has 0 radical (unpaired) electrons. The maximum Gasteiger partial charge on any atom is 0.296 e. The number of hydrogen-bond acceptors (Lipinski definition) is 4. The van der Waals surface area contributed by atoms with Crippen molar-refractivity contribution < 1.29 is 9.66 Å². The number of ether oxygens (including phenoxy) is 1. The molecule has 0 aliphatic heterocycles. The zero-order chi connectivity index (χ0) is 14.3. The molecule has 0 saturated carbocycles. The number of nitrogens with zero attached hydrogens (tertiary/aromatic N) is 1. The molecule has 0 spiro atoms. The molecule has 0 heterocycles. The van der Waals surface area contributed by atoms with Gasteiger partial charge in [-0.2, -0.15) is 0 Å². The Morgan fingerprint density at radius 2 is 2.00 bits per heavy atom. The van der Waals surface area contributed by atoms with Crippen molar-refractivity contribution in [1.82, 2.24) is 0 Å². The molecule has 0 amide bonds. The molecular formula is C14H22N2O3. The van der Waals surface area contributed by atoms with Gasteiger partial charge in [-0.15, -0.1) is 0 Å². The summed E-state index contributed by atoms with van der Waals surface area (Å²) in [6.07, 6.45) is 2.13. The van der Waals surface area contributed by atoms with Gasteiger partial charge in [0.05, 0.1) is 17.6 Å². The van der Waals surface area contributed by atoms with Crippen molar-refractivity contribution in [2.24, 2.45) is 5.92 Å². The van der Waals surface area contributed by atoms with Crippen LogP contribution in [-0.4, -0.2) is 18.1 Å². The third kappa shape index (κ3) is 4.43. The summed E-state index contributed by atoms with van der Waals surface area (Å²) in [5, 5.41) is 14.2. The lowest BCUT2D eigenvalue weighted by atomic mass is 10.0. The highest BCUT2D eigenvalue weighted by Crippen LogP contribution is 2.29. The molecule has 106 valence electrons. The van der Waals surface area contributed by atoms with E-state index in [9.17, 15) is 10.1 Å². The van der Waals surface area contributed by atoms with E-state index in [2.05, 4.69) is 19.2 Å². The molecule has 5 nitrogen and oxygen atoms in total. The van der Waals surface area contributed by atoms with E-state index in [1.54, 1.807) is 12.1 Å². The minimum absolute atomic E-state index is 0.0666. The molecule has 1 N–H and O–H groups in total. The third-order valence-electron chi connectivity index (χ3n) is 3.21. The van der Waals surface area contributed by atoms with Gasteiger partial charge in [0.15, 0.2) is 0 Å². The van der Waals surface area contributed by atoms with Crippen LogP contribution in [-0.2, 0) is 0 Å². The van der Waals surface area contributed by atoms with Crippen LogP contribution in [0, 0.1) is 16.0 Å². The van der Waals surface area contributed by atoms with Crippen LogP contribution in [0.4, 0.5) is 11.4 Å².